The van der Waals surface area contributed by atoms with Crippen molar-refractivity contribution in [1.82, 2.24) is 14.9 Å². The zero-order chi connectivity index (χ0) is 20.8. The van der Waals surface area contributed by atoms with Crippen LogP contribution in [0.5, 0.6) is 5.75 Å². The van der Waals surface area contributed by atoms with E-state index in [-0.39, 0.29) is 5.91 Å². The molecule has 4 aromatic rings. The lowest BCUT2D eigenvalue weighted by Gasteiger charge is -2.11. The predicted molar refractivity (Wildman–Crippen MR) is 122 cm³/mol. The van der Waals surface area contributed by atoms with Crippen LogP contribution < -0.4 is 10.1 Å². The van der Waals surface area contributed by atoms with Crippen LogP contribution in [-0.4, -0.2) is 28.6 Å². The van der Waals surface area contributed by atoms with Crippen molar-refractivity contribution in [3.8, 4) is 5.75 Å². The van der Waals surface area contributed by atoms with Gasteiger partial charge in [-0.1, -0.05) is 46.3 Å². The van der Waals surface area contributed by atoms with Crippen molar-refractivity contribution in [2.24, 2.45) is 0 Å². The van der Waals surface area contributed by atoms with Gasteiger partial charge in [0.05, 0.1) is 17.6 Å². The summed E-state index contributed by atoms with van der Waals surface area (Å²) in [5.41, 5.74) is 2.66. The summed E-state index contributed by atoms with van der Waals surface area (Å²) in [5.74, 6) is 1.70. The summed E-state index contributed by atoms with van der Waals surface area (Å²) in [6.45, 7) is 1.74. The monoisotopic (exact) mass is 463 g/mol. The summed E-state index contributed by atoms with van der Waals surface area (Å²) in [6.07, 6.45) is 0.641. The van der Waals surface area contributed by atoms with Crippen LogP contribution in [0.4, 0.5) is 0 Å². The number of fused-ring (bicyclic) bond motifs is 1. The number of aromatic nitrogens is 2. The molecule has 3 aromatic carbocycles. The second kappa shape index (κ2) is 9.59. The molecular weight excluding hydrogens is 442 g/mol. The highest BCUT2D eigenvalue weighted by Gasteiger charge is 2.11. The first-order chi connectivity index (χ1) is 14.7. The number of benzene rings is 3. The molecule has 0 unspecified atom stereocenters. The Morgan fingerprint density at radius 3 is 2.50 bits per heavy atom. The van der Waals surface area contributed by atoms with Gasteiger partial charge in [-0.25, -0.2) is 4.98 Å². The molecule has 0 radical (unpaired) electrons. The Hall–Kier alpha value is -3.12. The zero-order valence-corrected chi connectivity index (χ0v) is 18.0. The Labute approximate surface area is 183 Å². The van der Waals surface area contributed by atoms with Crippen LogP contribution in [0.15, 0.2) is 83.3 Å². The molecule has 0 aliphatic heterocycles. The van der Waals surface area contributed by atoms with Gasteiger partial charge in [-0.3, -0.25) is 4.79 Å². The number of nitrogens with one attached hydrogen (secondary N) is 1. The fraction of sp³-hybridized carbons (Fsp3) is 0.167. The number of hydrogen-bond donors (Lipinski definition) is 1. The fourth-order valence-corrected chi connectivity index (χ4v) is 3.59. The molecule has 4 rings (SSSR count). The summed E-state index contributed by atoms with van der Waals surface area (Å²) >= 11 is 3.38. The number of rotatable bonds is 8. The van der Waals surface area contributed by atoms with Crippen molar-refractivity contribution >= 4 is 32.9 Å². The van der Waals surface area contributed by atoms with Gasteiger partial charge in [0.15, 0.2) is 0 Å². The molecule has 1 heterocycles. The number of carbonyl (C=O) groups is 1. The smallest absolute Gasteiger partial charge is 0.251 e. The van der Waals surface area contributed by atoms with E-state index >= 15 is 0 Å². The lowest BCUT2D eigenvalue weighted by Crippen LogP contribution is -2.26. The molecular formula is C24H22BrN3O2. The van der Waals surface area contributed by atoms with Gasteiger partial charge in [0.25, 0.3) is 5.91 Å². The average Bonchev–Trinajstić information content (AvgIpc) is 3.12. The largest absolute Gasteiger partial charge is 0.492 e. The molecule has 0 aliphatic carbocycles. The van der Waals surface area contributed by atoms with E-state index < -0.39 is 0 Å². The maximum Gasteiger partial charge on any atom is 0.251 e. The third-order valence-electron chi connectivity index (χ3n) is 4.80. The highest BCUT2D eigenvalue weighted by Crippen LogP contribution is 2.17. The highest BCUT2D eigenvalue weighted by molar-refractivity contribution is 9.10. The van der Waals surface area contributed by atoms with Crippen LogP contribution >= 0.6 is 15.9 Å². The SMILES string of the molecule is O=C(NCCc1nc2ccccc2n1CCOc1ccccc1)c1ccc(Br)cc1. The van der Waals surface area contributed by atoms with Gasteiger partial charge < -0.3 is 14.6 Å². The summed E-state index contributed by atoms with van der Waals surface area (Å²) in [4.78, 5) is 17.1. The minimum atomic E-state index is -0.0856. The van der Waals surface area contributed by atoms with Gasteiger partial charge in [0.2, 0.25) is 0 Å². The van der Waals surface area contributed by atoms with Crippen LogP contribution in [0.3, 0.4) is 0 Å². The molecule has 0 aliphatic rings. The molecule has 0 atom stereocenters. The molecule has 1 N–H and O–H groups in total. The van der Waals surface area contributed by atoms with E-state index in [1.807, 2.05) is 60.7 Å². The highest BCUT2D eigenvalue weighted by atomic mass is 79.9. The summed E-state index contributed by atoms with van der Waals surface area (Å²) in [5, 5.41) is 2.98. The molecule has 0 saturated heterocycles. The molecule has 30 heavy (non-hydrogen) atoms. The molecule has 5 nitrogen and oxygen atoms in total. The third kappa shape index (κ3) is 4.89. The quantitative estimate of drug-likeness (QED) is 0.406. The molecule has 6 heteroatoms. The van der Waals surface area contributed by atoms with E-state index in [1.165, 1.54) is 0 Å². The molecule has 0 bridgehead atoms. The number of carbonyl (C=O) groups excluding carboxylic acids is 1. The van der Waals surface area contributed by atoms with Crippen molar-refractivity contribution in [2.45, 2.75) is 13.0 Å². The maximum absolute atomic E-state index is 12.4. The number of ether oxygens (including phenoxy) is 1. The Balaban J connectivity index is 1.41. The maximum atomic E-state index is 12.4. The number of nitrogens with zero attached hydrogens (tertiary/aromatic N) is 2. The molecule has 0 saturated carbocycles. The molecule has 0 spiro atoms. The summed E-state index contributed by atoms with van der Waals surface area (Å²) < 4.78 is 8.99. The first kappa shape index (κ1) is 20.2. The number of amides is 1. The standard InChI is InChI=1S/C24H22BrN3O2/c25-19-12-10-18(11-13-19)24(29)26-15-14-23-27-21-8-4-5-9-22(21)28(23)16-17-30-20-6-2-1-3-7-20/h1-13H,14-17H2,(H,26,29). The number of para-hydroxylation sites is 3. The fourth-order valence-electron chi connectivity index (χ4n) is 3.33. The average molecular weight is 464 g/mol. The van der Waals surface area contributed by atoms with Crippen LogP contribution in [-0.2, 0) is 13.0 Å². The van der Waals surface area contributed by atoms with Crippen LogP contribution in [0.2, 0.25) is 0 Å². The summed E-state index contributed by atoms with van der Waals surface area (Å²) in [7, 11) is 0. The second-order valence-electron chi connectivity index (χ2n) is 6.84. The summed E-state index contributed by atoms with van der Waals surface area (Å²) in [6, 6.07) is 25.2. The topological polar surface area (TPSA) is 56.2 Å². The Bertz CT molecular complexity index is 1120. The Morgan fingerprint density at radius 2 is 1.70 bits per heavy atom. The van der Waals surface area contributed by atoms with Crippen molar-refractivity contribution < 1.29 is 9.53 Å². The van der Waals surface area contributed by atoms with Crippen LogP contribution in [0.1, 0.15) is 16.2 Å². The normalized spacial score (nSPS) is 10.8. The predicted octanol–water partition coefficient (Wildman–Crippen LogP) is 4.85. The lowest BCUT2D eigenvalue weighted by atomic mass is 10.2. The minimum absolute atomic E-state index is 0.0856. The number of halogens is 1. The second-order valence-corrected chi connectivity index (χ2v) is 7.76. The van der Waals surface area contributed by atoms with Crippen LogP contribution in [0, 0.1) is 0 Å². The lowest BCUT2D eigenvalue weighted by molar-refractivity contribution is 0.0954. The third-order valence-corrected chi connectivity index (χ3v) is 5.33. The molecule has 1 aromatic heterocycles. The van der Waals surface area contributed by atoms with E-state index in [0.717, 1.165) is 27.1 Å². The number of hydrogen-bond acceptors (Lipinski definition) is 3. The van der Waals surface area contributed by atoms with E-state index in [1.54, 1.807) is 12.1 Å². The van der Waals surface area contributed by atoms with E-state index in [0.29, 0.717) is 31.7 Å². The van der Waals surface area contributed by atoms with Gasteiger partial charge in [0.1, 0.15) is 18.2 Å². The van der Waals surface area contributed by atoms with E-state index in [4.69, 9.17) is 9.72 Å². The van der Waals surface area contributed by atoms with Gasteiger partial charge in [-0.05, 0) is 48.5 Å². The van der Waals surface area contributed by atoms with E-state index in [9.17, 15) is 4.79 Å². The molecule has 1 amide bonds. The van der Waals surface area contributed by atoms with Crippen molar-refractivity contribution in [3.05, 3.63) is 94.7 Å². The van der Waals surface area contributed by atoms with Gasteiger partial charge in [-0.2, -0.15) is 0 Å². The van der Waals surface area contributed by atoms with Gasteiger partial charge in [0, 0.05) is 23.0 Å². The first-order valence-corrected chi connectivity index (χ1v) is 10.7. The van der Waals surface area contributed by atoms with Gasteiger partial charge in [-0.15, -0.1) is 0 Å². The van der Waals surface area contributed by atoms with Crippen LogP contribution in [0.25, 0.3) is 11.0 Å². The van der Waals surface area contributed by atoms with Crippen molar-refractivity contribution in [3.63, 3.8) is 0 Å². The van der Waals surface area contributed by atoms with E-state index in [2.05, 4.69) is 31.9 Å². The zero-order valence-electron chi connectivity index (χ0n) is 16.4. The first-order valence-electron chi connectivity index (χ1n) is 9.86. The Kier molecular flexibility index (Phi) is 6.44. The van der Waals surface area contributed by atoms with Gasteiger partial charge >= 0.3 is 0 Å². The molecule has 152 valence electrons. The van der Waals surface area contributed by atoms with Crippen molar-refractivity contribution in [1.29, 1.82) is 0 Å². The minimum Gasteiger partial charge on any atom is -0.492 e. The Morgan fingerprint density at radius 1 is 0.967 bits per heavy atom. The van der Waals surface area contributed by atoms with Crippen molar-refractivity contribution in [2.75, 3.05) is 13.2 Å². The molecule has 0 fully saturated rings. The number of imidazole rings is 1.